The Morgan fingerprint density at radius 1 is 1.35 bits per heavy atom. The Labute approximate surface area is 120 Å². The van der Waals surface area contributed by atoms with E-state index in [1.54, 1.807) is 25.3 Å². The highest BCUT2D eigenvalue weighted by Gasteiger charge is 2.21. The number of methoxy groups -OCH3 is 1. The Morgan fingerprint density at radius 2 is 2.15 bits per heavy atom. The second-order valence-corrected chi connectivity index (χ2v) is 6.86. The van der Waals surface area contributed by atoms with Gasteiger partial charge in [-0.3, -0.25) is 0 Å². The third-order valence-electron chi connectivity index (χ3n) is 3.55. The monoisotopic (exact) mass is 298 g/mol. The van der Waals surface area contributed by atoms with Crippen molar-refractivity contribution in [2.45, 2.75) is 37.1 Å². The Hall–Kier alpha value is -1.11. The molecule has 2 rings (SSSR count). The number of hydrogen-bond acceptors (Lipinski definition) is 4. The maximum Gasteiger partial charge on any atom is 0.240 e. The first-order valence-corrected chi connectivity index (χ1v) is 8.39. The molecule has 1 aliphatic rings. The first-order valence-electron chi connectivity index (χ1n) is 6.90. The van der Waals surface area contributed by atoms with Gasteiger partial charge >= 0.3 is 0 Å². The van der Waals surface area contributed by atoms with E-state index in [0.29, 0.717) is 17.2 Å². The van der Waals surface area contributed by atoms with Crippen molar-refractivity contribution in [1.29, 1.82) is 0 Å². The van der Waals surface area contributed by atoms with Crippen molar-refractivity contribution in [1.82, 2.24) is 10.0 Å². The highest BCUT2D eigenvalue weighted by Crippen LogP contribution is 2.21. The number of hydrogen-bond donors (Lipinski definition) is 2. The van der Waals surface area contributed by atoms with Gasteiger partial charge in [0.25, 0.3) is 0 Å². The first kappa shape index (κ1) is 15.3. The molecule has 5 nitrogen and oxygen atoms in total. The summed E-state index contributed by atoms with van der Waals surface area (Å²) < 4.78 is 32.7. The summed E-state index contributed by atoms with van der Waals surface area (Å²) >= 11 is 0. The van der Waals surface area contributed by atoms with Gasteiger partial charge in [-0.2, -0.15) is 0 Å². The van der Waals surface area contributed by atoms with E-state index >= 15 is 0 Å². The summed E-state index contributed by atoms with van der Waals surface area (Å²) in [5, 5.41) is 3.25. The maximum atomic E-state index is 12.4. The van der Waals surface area contributed by atoms with Crippen LogP contribution in [0, 0.1) is 6.92 Å². The zero-order chi connectivity index (χ0) is 14.6. The fraction of sp³-hybridized carbons (Fsp3) is 0.571. The van der Waals surface area contributed by atoms with Crippen LogP contribution in [0.15, 0.2) is 23.1 Å². The molecule has 112 valence electrons. The molecule has 0 saturated carbocycles. The topological polar surface area (TPSA) is 67.4 Å². The third-order valence-corrected chi connectivity index (χ3v) is 5.06. The predicted molar refractivity (Wildman–Crippen MR) is 78.6 cm³/mol. The van der Waals surface area contributed by atoms with Crippen LogP contribution in [-0.2, 0) is 10.0 Å². The summed E-state index contributed by atoms with van der Waals surface area (Å²) in [6, 6.07) is 4.88. The molecular formula is C14H22N2O3S. The molecule has 0 aliphatic carbocycles. The molecule has 0 spiro atoms. The number of sulfonamides is 1. The number of nitrogens with one attached hydrogen (secondary N) is 2. The van der Waals surface area contributed by atoms with Crippen molar-refractivity contribution >= 4 is 10.0 Å². The number of aryl methyl sites for hydroxylation is 1. The minimum absolute atomic E-state index is 0.0371. The average Bonchev–Trinajstić information content (AvgIpc) is 2.66. The molecule has 0 radical (unpaired) electrons. The van der Waals surface area contributed by atoms with E-state index < -0.39 is 10.0 Å². The molecule has 0 bridgehead atoms. The molecule has 1 aromatic rings. The van der Waals surface area contributed by atoms with Gasteiger partial charge in [0.05, 0.1) is 12.0 Å². The Morgan fingerprint density at radius 3 is 2.85 bits per heavy atom. The zero-order valence-electron chi connectivity index (χ0n) is 12.0. The highest BCUT2D eigenvalue weighted by molar-refractivity contribution is 7.89. The van der Waals surface area contributed by atoms with Crippen LogP contribution in [0.25, 0.3) is 0 Å². The maximum absolute atomic E-state index is 12.4. The van der Waals surface area contributed by atoms with Crippen molar-refractivity contribution in [3.63, 3.8) is 0 Å². The Balaban J connectivity index is 2.15. The van der Waals surface area contributed by atoms with Gasteiger partial charge in [0.2, 0.25) is 10.0 Å². The fourth-order valence-electron chi connectivity index (χ4n) is 2.43. The lowest BCUT2D eigenvalue weighted by atomic mass is 10.2. The molecule has 0 amide bonds. The van der Waals surface area contributed by atoms with Crippen molar-refractivity contribution in [3.05, 3.63) is 23.8 Å². The summed E-state index contributed by atoms with van der Waals surface area (Å²) in [6.07, 6.45) is 3.02. The van der Waals surface area contributed by atoms with Crippen molar-refractivity contribution in [3.8, 4) is 5.75 Å². The predicted octanol–water partition coefficient (Wildman–Crippen LogP) is 1.42. The van der Waals surface area contributed by atoms with Gasteiger partial charge in [0, 0.05) is 12.6 Å². The minimum atomic E-state index is -3.47. The van der Waals surface area contributed by atoms with Crippen molar-refractivity contribution in [2.75, 3.05) is 20.2 Å². The molecule has 2 N–H and O–H groups in total. The third kappa shape index (κ3) is 3.71. The molecule has 1 saturated heterocycles. The Kier molecular flexibility index (Phi) is 5.01. The second-order valence-electron chi connectivity index (χ2n) is 5.15. The summed E-state index contributed by atoms with van der Waals surface area (Å²) in [4.78, 5) is 0.292. The van der Waals surface area contributed by atoms with Crippen LogP contribution in [0.2, 0.25) is 0 Å². The quantitative estimate of drug-likeness (QED) is 0.882. The largest absolute Gasteiger partial charge is 0.496 e. The van der Waals surface area contributed by atoms with E-state index in [1.165, 1.54) is 0 Å². The van der Waals surface area contributed by atoms with Crippen molar-refractivity contribution in [2.24, 2.45) is 0 Å². The van der Waals surface area contributed by atoms with Gasteiger partial charge in [-0.05, 0) is 50.1 Å². The van der Waals surface area contributed by atoms with E-state index in [2.05, 4.69) is 10.0 Å². The van der Waals surface area contributed by atoms with Crippen LogP contribution < -0.4 is 14.8 Å². The standard InChI is InChI=1S/C14H22N2O3S/c1-11-9-13(6-7-14(11)19-2)20(17,18)16-12-5-3-4-8-15-10-12/h6-7,9,12,15-16H,3-5,8,10H2,1-2H3. The van der Waals surface area contributed by atoms with Gasteiger partial charge in [-0.25, -0.2) is 13.1 Å². The van der Waals surface area contributed by atoms with Gasteiger partial charge in [-0.15, -0.1) is 0 Å². The van der Waals surface area contributed by atoms with Crippen molar-refractivity contribution < 1.29 is 13.2 Å². The van der Waals surface area contributed by atoms with Crippen LogP contribution in [0.3, 0.4) is 0 Å². The Bertz CT molecular complexity index is 550. The van der Waals surface area contributed by atoms with Crippen LogP contribution in [0.4, 0.5) is 0 Å². The van der Waals surface area contributed by atoms with Crippen LogP contribution in [0.5, 0.6) is 5.75 Å². The fourth-order valence-corrected chi connectivity index (χ4v) is 3.78. The lowest BCUT2D eigenvalue weighted by Crippen LogP contribution is -2.40. The summed E-state index contributed by atoms with van der Waals surface area (Å²) in [7, 11) is -1.89. The lowest BCUT2D eigenvalue weighted by Gasteiger charge is -2.17. The molecule has 1 atom stereocenters. The normalized spacial score (nSPS) is 20.4. The molecular weight excluding hydrogens is 276 g/mol. The van der Waals surface area contributed by atoms with E-state index in [4.69, 9.17) is 4.74 Å². The summed E-state index contributed by atoms with van der Waals surface area (Å²) in [5.74, 6) is 0.695. The zero-order valence-corrected chi connectivity index (χ0v) is 12.8. The minimum Gasteiger partial charge on any atom is -0.496 e. The number of ether oxygens (including phenoxy) is 1. The first-order chi connectivity index (χ1) is 9.53. The highest BCUT2D eigenvalue weighted by atomic mass is 32.2. The van der Waals surface area contributed by atoms with Gasteiger partial charge in [-0.1, -0.05) is 6.42 Å². The van der Waals surface area contributed by atoms with Gasteiger partial charge in [0.15, 0.2) is 0 Å². The molecule has 6 heteroatoms. The second kappa shape index (κ2) is 6.56. The lowest BCUT2D eigenvalue weighted by molar-refractivity contribution is 0.411. The summed E-state index contributed by atoms with van der Waals surface area (Å²) in [5.41, 5.74) is 0.814. The number of benzene rings is 1. The van der Waals surface area contributed by atoms with Crippen LogP contribution in [-0.4, -0.2) is 34.7 Å². The van der Waals surface area contributed by atoms with E-state index in [0.717, 1.165) is 31.4 Å². The van der Waals surface area contributed by atoms with Gasteiger partial charge < -0.3 is 10.1 Å². The summed E-state index contributed by atoms with van der Waals surface area (Å²) in [6.45, 7) is 3.49. The molecule has 1 fully saturated rings. The number of rotatable bonds is 4. The molecule has 20 heavy (non-hydrogen) atoms. The molecule has 1 unspecified atom stereocenters. The molecule has 1 aliphatic heterocycles. The van der Waals surface area contributed by atoms with E-state index in [9.17, 15) is 8.42 Å². The molecule has 1 heterocycles. The van der Waals surface area contributed by atoms with E-state index in [1.807, 2.05) is 6.92 Å². The van der Waals surface area contributed by atoms with Crippen LogP contribution in [0.1, 0.15) is 24.8 Å². The average molecular weight is 298 g/mol. The molecule has 0 aromatic heterocycles. The van der Waals surface area contributed by atoms with Crippen LogP contribution >= 0.6 is 0 Å². The van der Waals surface area contributed by atoms with Gasteiger partial charge in [0.1, 0.15) is 5.75 Å². The smallest absolute Gasteiger partial charge is 0.240 e. The SMILES string of the molecule is COc1ccc(S(=O)(=O)NC2CCCCNC2)cc1C. The van der Waals surface area contributed by atoms with E-state index in [-0.39, 0.29) is 6.04 Å². The molecule has 1 aromatic carbocycles.